The highest BCUT2D eigenvalue weighted by Gasteiger charge is 2.26. The Morgan fingerprint density at radius 2 is 1.77 bits per heavy atom. The lowest BCUT2D eigenvalue weighted by Gasteiger charge is -2.19. The Balaban J connectivity index is 2.40. The minimum absolute atomic E-state index is 0.0381. The van der Waals surface area contributed by atoms with Crippen LogP contribution >= 0.6 is 0 Å². The van der Waals surface area contributed by atoms with Crippen LogP contribution in [0.4, 0.5) is 0 Å². The molecule has 2 aromatic carbocycles. The van der Waals surface area contributed by atoms with Gasteiger partial charge in [-0.2, -0.15) is 0 Å². The van der Waals surface area contributed by atoms with E-state index >= 15 is 0 Å². The summed E-state index contributed by atoms with van der Waals surface area (Å²) in [5.74, 6) is -0.345. The van der Waals surface area contributed by atoms with E-state index in [0.29, 0.717) is 11.3 Å². The molecule has 0 amide bonds. The van der Waals surface area contributed by atoms with Crippen LogP contribution in [0.15, 0.2) is 47.4 Å². The summed E-state index contributed by atoms with van der Waals surface area (Å²) in [4.78, 5) is 11.2. The van der Waals surface area contributed by atoms with E-state index in [1.165, 1.54) is 20.3 Å². The Hall–Kier alpha value is -2.58. The molecule has 0 saturated heterocycles. The molecule has 0 aliphatic rings. The molecule has 0 spiro atoms. The number of sulfonamides is 1. The summed E-state index contributed by atoms with van der Waals surface area (Å²) in [5.41, 5.74) is 1.26. The fraction of sp³-hybridized carbons (Fsp3) is 0.278. The van der Waals surface area contributed by atoms with Gasteiger partial charge in [-0.1, -0.05) is 18.2 Å². The number of aliphatic carboxylic acids is 1. The highest BCUT2D eigenvalue weighted by Crippen LogP contribution is 2.28. The van der Waals surface area contributed by atoms with Crippen LogP contribution in [0.1, 0.15) is 23.6 Å². The smallest absolute Gasteiger partial charge is 0.305 e. The van der Waals surface area contributed by atoms with Crippen molar-refractivity contribution in [2.45, 2.75) is 24.3 Å². The Bertz CT molecular complexity index is 877. The monoisotopic (exact) mass is 379 g/mol. The zero-order valence-corrected chi connectivity index (χ0v) is 15.5. The number of hydrogen-bond donors (Lipinski definition) is 2. The molecular weight excluding hydrogens is 358 g/mol. The van der Waals surface area contributed by atoms with Crippen molar-refractivity contribution in [1.29, 1.82) is 0 Å². The molecule has 0 aromatic heterocycles. The average molecular weight is 379 g/mol. The topological polar surface area (TPSA) is 102 Å². The number of carboxylic acids is 1. The van der Waals surface area contributed by atoms with Gasteiger partial charge in [0.15, 0.2) is 0 Å². The fourth-order valence-electron chi connectivity index (χ4n) is 2.48. The van der Waals surface area contributed by atoms with Crippen LogP contribution in [-0.2, 0) is 14.8 Å². The quantitative estimate of drug-likeness (QED) is 0.731. The fourth-order valence-corrected chi connectivity index (χ4v) is 3.96. The van der Waals surface area contributed by atoms with E-state index in [1.54, 1.807) is 43.3 Å². The zero-order valence-electron chi connectivity index (χ0n) is 14.7. The first-order valence-corrected chi connectivity index (χ1v) is 9.28. The van der Waals surface area contributed by atoms with Gasteiger partial charge in [-0.3, -0.25) is 4.79 Å². The van der Waals surface area contributed by atoms with Crippen molar-refractivity contribution in [3.05, 3.63) is 53.6 Å². The summed E-state index contributed by atoms with van der Waals surface area (Å²) in [6.45, 7) is 1.76. The summed E-state index contributed by atoms with van der Waals surface area (Å²) < 4.78 is 38.4. The van der Waals surface area contributed by atoms with Crippen molar-refractivity contribution in [2.75, 3.05) is 14.2 Å². The van der Waals surface area contributed by atoms with E-state index in [1.807, 2.05) is 0 Å². The van der Waals surface area contributed by atoms with Crippen molar-refractivity contribution in [1.82, 2.24) is 4.72 Å². The molecule has 0 radical (unpaired) electrons. The standard InChI is InChI=1S/C18H21NO6S/c1-12-4-9-16(25-3)17(10-12)26(22,23)19-15(11-18(20)21)13-5-7-14(24-2)8-6-13/h4-10,15,19H,11H2,1-3H3,(H,20,21). The van der Waals surface area contributed by atoms with Crippen LogP contribution in [0.5, 0.6) is 11.5 Å². The molecule has 0 aliphatic carbocycles. The van der Waals surface area contributed by atoms with Gasteiger partial charge in [0, 0.05) is 0 Å². The number of ether oxygens (including phenoxy) is 2. The Labute approximate surface area is 152 Å². The summed E-state index contributed by atoms with van der Waals surface area (Å²) in [6, 6.07) is 10.4. The summed E-state index contributed by atoms with van der Waals surface area (Å²) in [7, 11) is -1.12. The molecule has 2 rings (SSSR count). The van der Waals surface area contributed by atoms with Crippen molar-refractivity contribution in [2.24, 2.45) is 0 Å². The van der Waals surface area contributed by atoms with Gasteiger partial charge in [0.1, 0.15) is 16.4 Å². The van der Waals surface area contributed by atoms with Gasteiger partial charge in [-0.15, -0.1) is 0 Å². The van der Waals surface area contributed by atoms with Crippen LogP contribution in [0.3, 0.4) is 0 Å². The molecule has 2 aromatic rings. The third kappa shape index (κ3) is 4.74. The third-order valence-corrected chi connectivity index (χ3v) is 5.30. The maximum atomic E-state index is 12.8. The second-order valence-corrected chi connectivity index (χ2v) is 7.38. The molecule has 0 aliphatic heterocycles. The van der Waals surface area contributed by atoms with Crippen LogP contribution in [0.25, 0.3) is 0 Å². The predicted molar refractivity (Wildman–Crippen MR) is 96.0 cm³/mol. The first-order chi connectivity index (χ1) is 12.3. The minimum Gasteiger partial charge on any atom is -0.497 e. The lowest BCUT2D eigenvalue weighted by molar-refractivity contribution is -0.137. The Morgan fingerprint density at radius 3 is 2.31 bits per heavy atom. The molecule has 7 nitrogen and oxygen atoms in total. The number of hydrogen-bond acceptors (Lipinski definition) is 5. The molecule has 2 N–H and O–H groups in total. The van der Waals surface area contributed by atoms with Crippen LogP contribution in [-0.4, -0.2) is 33.7 Å². The van der Waals surface area contributed by atoms with Gasteiger partial charge in [-0.05, 0) is 42.3 Å². The molecule has 0 bridgehead atoms. The normalized spacial score (nSPS) is 12.4. The average Bonchev–Trinajstić information content (AvgIpc) is 2.60. The molecule has 0 fully saturated rings. The Morgan fingerprint density at radius 1 is 1.12 bits per heavy atom. The number of benzene rings is 2. The SMILES string of the molecule is COc1ccc(C(CC(=O)O)NS(=O)(=O)c2cc(C)ccc2OC)cc1. The highest BCUT2D eigenvalue weighted by atomic mass is 32.2. The lowest BCUT2D eigenvalue weighted by atomic mass is 10.0. The van der Waals surface area contributed by atoms with Crippen LogP contribution in [0.2, 0.25) is 0 Å². The summed E-state index contributed by atoms with van der Waals surface area (Å²) in [6.07, 6.45) is -0.403. The van der Waals surface area contributed by atoms with E-state index in [2.05, 4.69) is 4.72 Å². The van der Waals surface area contributed by atoms with Crippen molar-refractivity contribution in [3.8, 4) is 11.5 Å². The third-order valence-electron chi connectivity index (χ3n) is 3.80. The second-order valence-electron chi connectivity index (χ2n) is 5.70. The van der Waals surface area contributed by atoms with Crippen LogP contribution < -0.4 is 14.2 Å². The number of rotatable bonds is 8. The first-order valence-electron chi connectivity index (χ1n) is 7.79. The lowest BCUT2D eigenvalue weighted by Crippen LogP contribution is -2.30. The molecule has 8 heteroatoms. The number of carboxylic acid groups (broad SMARTS) is 1. The van der Waals surface area contributed by atoms with Crippen LogP contribution in [0, 0.1) is 6.92 Å². The maximum absolute atomic E-state index is 12.8. The first kappa shape index (κ1) is 19.7. The molecular formula is C18H21NO6S. The van der Waals surface area contributed by atoms with E-state index in [9.17, 15) is 18.3 Å². The number of nitrogens with one attached hydrogen (secondary N) is 1. The number of methoxy groups -OCH3 is 2. The summed E-state index contributed by atoms with van der Waals surface area (Å²) in [5, 5.41) is 9.17. The van der Waals surface area contributed by atoms with E-state index < -0.39 is 28.5 Å². The largest absolute Gasteiger partial charge is 0.497 e. The van der Waals surface area contributed by atoms with Gasteiger partial charge >= 0.3 is 5.97 Å². The molecule has 140 valence electrons. The minimum atomic E-state index is -4.00. The predicted octanol–water partition coefficient (Wildman–Crippen LogP) is 2.51. The number of carbonyl (C=O) groups is 1. The van der Waals surface area contributed by atoms with Gasteiger partial charge in [0.2, 0.25) is 10.0 Å². The van der Waals surface area contributed by atoms with Gasteiger partial charge in [0.05, 0.1) is 26.7 Å². The van der Waals surface area contributed by atoms with E-state index in [0.717, 1.165) is 5.56 Å². The van der Waals surface area contributed by atoms with Gasteiger partial charge < -0.3 is 14.6 Å². The van der Waals surface area contributed by atoms with Gasteiger partial charge in [-0.25, -0.2) is 13.1 Å². The maximum Gasteiger partial charge on any atom is 0.305 e. The second kappa shape index (κ2) is 8.20. The van der Waals surface area contributed by atoms with E-state index in [4.69, 9.17) is 9.47 Å². The zero-order chi connectivity index (χ0) is 19.3. The molecule has 0 heterocycles. The molecule has 26 heavy (non-hydrogen) atoms. The van der Waals surface area contributed by atoms with Gasteiger partial charge in [0.25, 0.3) is 0 Å². The highest BCUT2D eigenvalue weighted by molar-refractivity contribution is 7.89. The Kier molecular flexibility index (Phi) is 6.23. The summed E-state index contributed by atoms with van der Waals surface area (Å²) >= 11 is 0. The number of aryl methyl sites for hydroxylation is 1. The molecule has 1 unspecified atom stereocenters. The van der Waals surface area contributed by atoms with Crippen molar-refractivity contribution in [3.63, 3.8) is 0 Å². The van der Waals surface area contributed by atoms with Crippen molar-refractivity contribution >= 4 is 16.0 Å². The van der Waals surface area contributed by atoms with Crippen molar-refractivity contribution < 1.29 is 27.8 Å². The molecule has 0 saturated carbocycles. The molecule has 1 atom stereocenters. The van der Waals surface area contributed by atoms with E-state index in [-0.39, 0.29) is 10.6 Å².